The van der Waals surface area contributed by atoms with Crippen molar-refractivity contribution in [3.63, 3.8) is 0 Å². The number of benzene rings is 1. The molecule has 0 spiro atoms. The van der Waals surface area contributed by atoms with Crippen LogP contribution in [-0.4, -0.2) is 44.7 Å². The summed E-state index contributed by atoms with van der Waals surface area (Å²) < 4.78 is 15.4. The van der Waals surface area contributed by atoms with E-state index >= 15 is 0 Å². The Balaban J connectivity index is 1.46. The summed E-state index contributed by atoms with van der Waals surface area (Å²) in [4.78, 5) is 17.4. The maximum atomic E-state index is 13.4. The van der Waals surface area contributed by atoms with Crippen molar-refractivity contribution in [2.45, 2.75) is 38.8 Å². The van der Waals surface area contributed by atoms with Crippen molar-refractivity contribution in [3.05, 3.63) is 42.6 Å². The maximum absolute atomic E-state index is 13.4. The largest absolute Gasteiger partial charge is 0.360 e. The number of nitrogens with one attached hydrogen (secondary N) is 1. The number of nitrogens with two attached hydrogens (primary N) is 1. The molecule has 2 aromatic heterocycles. The van der Waals surface area contributed by atoms with Crippen LogP contribution in [0.3, 0.4) is 0 Å². The van der Waals surface area contributed by atoms with E-state index < -0.39 is 6.04 Å². The number of H-pyrrole nitrogens is 1. The molecule has 1 atom stereocenters. The predicted octanol–water partition coefficient (Wildman–Crippen LogP) is 3.32. The van der Waals surface area contributed by atoms with E-state index in [-0.39, 0.29) is 23.7 Å². The van der Waals surface area contributed by atoms with Crippen molar-refractivity contribution in [1.29, 1.82) is 0 Å². The number of piperidine rings is 1. The fourth-order valence-electron chi connectivity index (χ4n) is 3.86. The van der Waals surface area contributed by atoms with E-state index in [1.807, 2.05) is 42.0 Å². The van der Waals surface area contributed by atoms with Gasteiger partial charge in [-0.25, -0.2) is 4.39 Å². The smallest absolute Gasteiger partial charge is 0.239 e. The maximum Gasteiger partial charge on any atom is 0.239 e. The Morgan fingerprint density at radius 2 is 2.07 bits per heavy atom. The molecule has 1 amide bonds. The van der Waals surface area contributed by atoms with Crippen LogP contribution >= 0.6 is 0 Å². The number of aromatic nitrogens is 3. The quantitative estimate of drug-likeness (QED) is 0.725. The van der Waals surface area contributed by atoms with Gasteiger partial charge in [-0.2, -0.15) is 5.10 Å². The number of hydrogen-bond donors (Lipinski definition) is 2. The number of likely N-dealkylation sites (tertiary alicyclic amines) is 1. The van der Waals surface area contributed by atoms with Gasteiger partial charge in [0.15, 0.2) is 0 Å². The van der Waals surface area contributed by atoms with E-state index in [4.69, 9.17) is 5.73 Å². The first-order valence-electron chi connectivity index (χ1n) is 9.79. The van der Waals surface area contributed by atoms with Gasteiger partial charge in [-0.05, 0) is 37.0 Å². The molecule has 0 aliphatic carbocycles. The Morgan fingerprint density at radius 1 is 1.32 bits per heavy atom. The zero-order valence-corrected chi connectivity index (χ0v) is 16.2. The van der Waals surface area contributed by atoms with Crippen LogP contribution in [0.15, 0.2) is 36.8 Å². The minimum atomic E-state index is -0.431. The lowest BCUT2D eigenvalue weighted by atomic mass is 10.0. The lowest BCUT2D eigenvalue weighted by Crippen LogP contribution is -2.49. The molecule has 0 bridgehead atoms. The summed E-state index contributed by atoms with van der Waals surface area (Å²) in [5.41, 5.74) is 8.80. The summed E-state index contributed by atoms with van der Waals surface area (Å²) in [5.74, 6) is -0.0701. The Bertz CT molecular complexity index is 984. The summed E-state index contributed by atoms with van der Waals surface area (Å²) in [5, 5.41) is 5.53. The fourth-order valence-corrected chi connectivity index (χ4v) is 3.86. The van der Waals surface area contributed by atoms with Crippen molar-refractivity contribution in [3.8, 4) is 11.1 Å². The second kappa shape index (κ2) is 7.39. The standard InChI is InChI=1S/C21H26FN5O/c1-13(2)20(23)21(28)26-7-5-16(6-8-26)27-12-14(10-25-27)18-11-24-19-9-15(22)3-4-17(18)19/h3-4,9-13,16,20,24H,5-8,23H2,1-2H3/t20-/m0/s1. The molecule has 1 aliphatic rings. The molecule has 1 aromatic carbocycles. The van der Waals surface area contributed by atoms with E-state index in [2.05, 4.69) is 10.1 Å². The van der Waals surface area contributed by atoms with Gasteiger partial charge in [-0.1, -0.05) is 13.8 Å². The van der Waals surface area contributed by atoms with Crippen molar-refractivity contribution in [2.24, 2.45) is 11.7 Å². The summed E-state index contributed by atoms with van der Waals surface area (Å²) >= 11 is 0. The number of amides is 1. The van der Waals surface area contributed by atoms with Gasteiger partial charge in [0.1, 0.15) is 5.82 Å². The van der Waals surface area contributed by atoms with Crippen LogP contribution in [0.1, 0.15) is 32.7 Å². The van der Waals surface area contributed by atoms with E-state index in [0.717, 1.165) is 34.9 Å². The molecule has 1 saturated heterocycles. The average Bonchev–Trinajstić information content (AvgIpc) is 3.33. The Hall–Kier alpha value is -2.67. The molecular formula is C21H26FN5O. The van der Waals surface area contributed by atoms with Crippen LogP contribution in [-0.2, 0) is 4.79 Å². The van der Waals surface area contributed by atoms with Crippen molar-refractivity contribution < 1.29 is 9.18 Å². The predicted molar refractivity (Wildman–Crippen MR) is 107 cm³/mol. The molecule has 0 saturated carbocycles. The summed E-state index contributed by atoms with van der Waals surface area (Å²) in [6.07, 6.45) is 7.49. The van der Waals surface area contributed by atoms with E-state index in [0.29, 0.717) is 13.1 Å². The number of carbonyl (C=O) groups excluding carboxylic acids is 1. The number of fused-ring (bicyclic) bond motifs is 1. The molecule has 28 heavy (non-hydrogen) atoms. The SMILES string of the molecule is CC(C)[C@H](N)C(=O)N1CCC(n2cc(-c3c[nH]c4cc(F)ccc34)cn2)CC1. The summed E-state index contributed by atoms with van der Waals surface area (Å²) in [6, 6.07) is 4.59. The monoisotopic (exact) mass is 383 g/mol. The van der Waals surface area contributed by atoms with Crippen molar-refractivity contribution in [1.82, 2.24) is 19.7 Å². The molecule has 0 radical (unpaired) electrons. The lowest BCUT2D eigenvalue weighted by Gasteiger charge is -2.34. The van der Waals surface area contributed by atoms with Gasteiger partial charge in [-0.3, -0.25) is 9.48 Å². The molecule has 4 rings (SSSR count). The van der Waals surface area contributed by atoms with Crippen LogP contribution in [0.25, 0.3) is 22.0 Å². The summed E-state index contributed by atoms with van der Waals surface area (Å²) in [7, 11) is 0. The zero-order chi connectivity index (χ0) is 19.8. The van der Waals surface area contributed by atoms with Gasteiger partial charge in [0.05, 0.1) is 18.3 Å². The number of carbonyl (C=O) groups is 1. The highest BCUT2D eigenvalue weighted by molar-refractivity contribution is 5.95. The van der Waals surface area contributed by atoms with Gasteiger partial charge in [-0.15, -0.1) is 0 Å². The average molecular weight is 383 g/mol. The van der Waals surface area contributed by atoms with E-state index in [1.165, 1.54) is 12.1 Å². The first kappa shape index (κ1) is 18.7. The first-order chi connectivity index (χ1) is 13.4. The first-order valence-corrected chi connectivity index (χ1v) is 9.79. The zero-order valence-electron chi connectivity index (χ0n) is 16.2. The minimum absolute atomic E-state index is 0.0422. The minimum Gasteiger partial charge on any atom is -0.360 e. The van der Waals surface area contributed by atoms with E-state index in [9.17, 15) is 9.18 Å². The van der Waals surface area contributed by atoms with Crippen molar-refractivity contribution in [2.75, 3.05) is 13.1 Å². The molecule has 3 N–H and O–H groups in total. The fraction of sp³-hybridized carbons (Fsp3) is 0.429. The number of rotatable bonds is 4. The Morgan fingerprint density at radius 3 is 2.79 bits per heavy atom. The second-order valence-electron chi connectivity index (χ2n) is 7.93. The third kappa shape index (κ3) is 3.42. The van der Waals surface area contributed by atoms with Crippen LogP contribution in [0.5, 0.6) is 0 Å². The molecule has 1 aliphatic heterocycles. The third-order valence-electron chi connectivity index (χ3n) is 5.71. The number of nitrogens with zero attached hydrogens (tertiary/aromatic N) is 3. The summed E-state index contributed by atoms with van der Waals surface area (Å²) in [6.45, 7) is 5.34. The highest BCUT2D eigenvalue weighted by atomic mass is 19.1. The van der Waals surface area contributed by atoms with Gasteiger partial charge >= 0.3 is 0 Å². The lowest BCUT2D eigenvalue weighted by molar-refractivity contribution is -0.134. The molecule has 6 nitrogen and oxygen atoms in total. The van der Waals surface area contributed by atoms with E-state index in [1.54, 1.807) is 6.07 Å². The van der Waals surface area contributed by atoms with Crippen LogP contribution in [0.2, 0.25) is 0 Å². The molecule has 0 unspecified atom stereocenters. The van der Waals surface area contributed by atoms with Gasteiger partial charge in [0.25, 0.3) is 0 Å². The van der Waals surface area contributed by atoms with Crippen LogP contribution < -0.4 is 5.73 Å². The molecule has 7 heteroatoms. The number of hydrogen-bond acceptors (Lipinski definition) is 3. The van der Waals surface area contributed by atoms with Gasteiger partial charge in [0, 0.05) is 47.5 Å². The van der Waals surface area contributed by atoms with Gasteiger partial charge in [0.2, 0.25) is 5.91 Å². The van der Waals surface area contributed by atoms with Gasteiger partial charge < -0.3 is 15.6 Å². The number of aromatic amines is 1. The Labute approximate surface area is 163 Å². The highest BCUT2D eigenvalue weighted by Gasteiger charge is 2.28. The topological polar surface area (TPSA) is 79.9 Å². The van der Waals surface area contributed by atoms with Crippen molar-refractivity contribution >= 4 is 16.8 Å². The molecule has 3 aromatic rings. The van der Waals surface area contributed by atoms with Crippen LogP contribution in [0.4, 0.5) is 4.39 Å². The molecule has 3 heterocycles. The molecule has 148 valence electrons. The highest BCUT2D eigenvalue weighted by Crippen LogP contribution is 2.30. The second-order valence-corrected chi connectivity index (χ2v) is 7.93. The number of halogens is 1. The molecule has 1 fully saturated rings. The normalized spacial score (nSPS) is 16.8. The molecular weight excluding hydrogens is 357 g/mol. The van der Waals surface area contributed by atoms with Crippen LogP contribution in [0, 0.1) is 11.7 Å². The Kier molecular flexibility index (Phi) is 4.93. The third-order valence-corrected chi connectivity index (χ3v) is 5.71.